The number of nitrogens with one attached hydrogen (secondary N) is 2. The lowest BCUT2D eigenvalue weighted by Crippen LogP contribution is -2.34. The highest BCUT2D eigenvalue weighted by atomic mass is 32.2. The maximum atomic E-state index is 12.1. The van der Waals surface area contributed by atoms with Crippen molar-refractivity contribution < 1.29 is 18.0 Å². The third-order valence-corrected chi connectivity index (χ3v) is 4.30. The number of primary amides is 1. The fourth-order valence-electron chi connectivity index (χ4n) is 1.90. The van der Waals surface area contributed by atoms with Crippen LogP contribution in [-0.2, 0) is 10.0 Å². The second-order valence-electron chi connectivity index (χ2n) is 4.82. The van der Waals surface area contributed by atoms with Gasteiger partial charge in [0.25, 0.3) is 15.9 Å². The standard InChI is InChI=1S/C15H15N3O4S/c1-10-3-2-4-11(9-10)14(19)17-12-5-7-13(8-6-12)23(21,22)18-15(16)20/h2-9H,1H3,(H,17,19)(H3,16,18,20). The second-order valence-corrected chi connectivity index (χ2v) is 6.50. The molecule has 23 heavy (non-hydrogen) atoms. The van der Waals surface area contributed by atoms with Crippen LogP contribution in [0.1, 0.15) is 15.9 Å². The van der Waals surface area contributed by atoms with E-state index in [2.05, 4.69) is 5.32 Å². The zero-order chi connectivity index (χ0) is 17.0. The number of sulfonamides is 1. The average molecular weight is 333 g/mol. The van der Waals surface area contributed by atoms with Crippen LogP contribution in [0.4, 0.5) is 10.5 Å². The quantitative estimate of drug-likeness (QED) is 0.787. The number of hydrogen-bond acceptors (Lipinski definition) is 4. The average Bonchev–Trinajstić information content (AvgIpc) is 2.46. The largest absolute Gasteiger partial charge is 0.351 e. The van der Waals surface area contributed by atoms with Crippen LogP contribution in [0.5, 0.6) is 0 Å². The minimum absolute atomic E-state index is 0.134. The summed E-state index contributed by atoms with van der Waals surface area (Å²) >= 11 is 0. The molecular formula is C15H15N3O4S. The molecule has 0 aliphatic carbocycles. The predicted octanol–water partition coefficient (Wildman–Crippen LogP) is 1.60. The summed E-state index contributed by atoms with van der Waals surface area (Å²) in [4.78, 5) is 22.6. The van der Waals surface area contributed by atoms with Crippen LogP contribution in [0, 0.1) is 6.92 Å². The van der Waals surface area contributed by atoms with Crippen molar-refractivity contribution in [1.82, 2.24) is 4.72 Å². The molecule has 7 nitrogen and oxygen atoms in total. The highest BCUT2D eigenvalue weighted by Gasteiger charge is 2.15. The van der Waals surface area contributed by atoms with Gasteiger partial charge in [-0.1, -0.05) is 17.7 Å². The summed E-state index contributed by atoms with van der Waals surface area (Å²) in [7, 11) is -4.00. The number of urea groups is 1. The summed E-state index contributed by atoms with van der Waals surface area (Å²) in [5.74, 6) is -0.306. The Labute approximate surface area is 133 Å². The molecule has 0 bridgehead atoms. The number of amides is 3. The van der Waals surface area contributed by atoms with E-state index in [1.54, 1.807) is 22.9 Å². The normalized spacial score (nSPS) is 10.8. The minimum Gasteiger partial charge on any atom is -0.351 e. The van der Waals surface area contributed by atoms with E-state index in [4.69, 9.17) is 5.73 Å². The summed E-state index contributed by atoms with van der Waals surface area (Å²) in [6.07, 6.45) is 0. The molecule has 0 atom stereocenters. The van der Waals surface area contributed by atoms with E-state index in [0.29, 0.717) is 11.3 Å². The second kappa shape index (κ2) is 6.49. The maximum absolute atomic E-state index is 12.1. The molecular weight excluding hydrogens is 318 g/mol. The highest BCUT2D eigenvalue weighted by molar-refractivity contribution is 7.90. The topological polar surface area (TPSA) is 118 Å². The Morgan fingerprint density at radius 2 is 1.70 bits per heavy atom. The van der Waals surface area contributed by atoms with Crippen LogP contribution in [0.25, 0.3) is 0 Å². The van der Waals surface area contributed by atoms with Gasteiger partial charge < -0.3 is 11.1 Å². The molecule has 2 aromatic carbocycles. The summed E-state index contributed by atoms with van der Waals surface area (Å²) in [6, 6.07) is 11.3. The van der Waals surface area contributed by atoms with Gasteiger partial charge in [-0.3, -0.25) is 4.79 Å². The zero-order valence-electron chi connectivity index (χ0n) is 12.2. The summed E-state index contributed by atoms with van der Waals surface area (Å²) in [5, 5.41) is 2.66. The molecule has 0 aliphatic heterocycles. The van der Waals surface area contributed by atoms with Crippen LogP contribution >= 0.6 is 0 Å². The molecule has 0 fully saturated rings. The molecule has 0 spiro atoms. The van der Waals surface area contributed by atoms with Gasteiger partial charge in [0.05, 0.1) is 4.90 Å². The molecule has 0 unspecified atom stereocenters. The Hall–Kier alpha value is -2.87. The van der Waals surface area contributed by atoms with E-state index in [1.165, 1.54) is 24.3 Å². The molecule has 8 heteroatoms. The Kier molecular flexibility index (Phi) is 4.65. The van der Waals surface area contributed by atoms with Crippen molar-refractivity contribution in [3.63, 3.8) is 0 Å². The fourth-order valence-corrected chi connectivity index (χ4v) is 2.78. The molecule has 0 aliphatic rings. The third-order valence-electron chi connectivity index (χ3n) is 2.94. The first-order valence-electron chi connectivity index (χ1n) is 6.58. The first-order chi connectivity index (χ1) is 10.8. The van der Waals surface area contributed by atoms with Gasteiger partial charge in [0.2, 0.25) is 0 Å². The SMILES string of the molecule is Cc1cccc(C(=O)Nc2ccc(S(=O)(=O)NC(N)=O)cc2)c1. The number of carbonyl (C=O) groups is 2. The monoisotopic (exact) mass is 333 g/mol. The molecule has 4 N–H and O–H groups in total. The Morgan fingerprint density at radius 1 is 1.04 bits per heavy atom. The van der Waals surface area contributed by atoms with E-state index in [0.717, 1.165) is 5.56 Å². The van der Waals surface area contributed by atoms with E-state index in [9.17, 15) is 18.0 Å². The molecule has 0 saturated heterocycles. The van der Waals surface area contributed by atoms with Crippen molar-refractivity contribution in [3.05, 3.63) is 59.7 Å². The number of anilines is 1. The molecule has 2 rings (SSSR count). The summed E-state index contributed by atoms with van der Waals surface area (Å²) in [5.41, 5.74) is 6.68. The van der Waals surface area contributed by atoms with Crippen molar-refractivity contribution in [1.29, 1.82) is 0 Å². The Bertz CT molecular complexity index is 845. The van der Waals surface area contributed by atoms with Gasteiger partial charge in [0.15, 0.2) is 0 Å². The molecule has 0 saturated carbocycles. The lowest BCUT2D eigenvalue weighted by molar-refractivity contribution is 0.102. The number of carbonyl (C=O) groups excluding carboxylic acids is 2. The first-order valence-corrected chi connectivity index (χ1v) is 8.06. The van der Waals surface area contributed by atoms with E-state index in [-0.39, 0.29) is 10.8 Å². The molecule has 2 aromatic rings. The lowest BCUT2D eigenvalue weighted by Gasteiger charge is -2.08. The molecule has 3 amide bonds. The Balaban J connectivity index is 2.14. The van der Waals surface area contributed by atoms with Crippen LogP contribution in [-0.4, -0.2) is 20.4 Å². The number of aryl methyl sites for hydroxylation is 1. The van der Waals surface area contributed by atoms with Gasteiger partial charge in [0.1, 0.15) is 0 Å². The number of rotatable bonds is 4. The van der Waals surface area contributed by atoms with Gasteiger partial charge in [-0.05, 0) is 43.3 Å². The van der Waals surface area contributed by atoms with Gasteiger partial charge in [-0.2, -0.15) is 0 Å². The molecule has 0 heterocycles. The molecule has 0 aromatic heterocycles. The minimum atomic E-state index is -4.00. The number of nitrogens with two attached hydrogens (primary N) is 1. The third kappa shape index (κ3) is 4.30. The summed E-state index contributed by atoms with van der Waals surface area (Å²) in [6.45, 7) is 1.88. The maximum Gasteiger partial charge on any atom is 0.326 e. The fraction of sp³-hybridized carbons (Fsp3) is 0.0667. The van der Waals surface area contributed by atoms with Crippen molar-refractivity contribution in [3.8, 4) is 0 Å². The lowest BCUT2D eigenvalue weighted by atomic mass is 10.1. The zero-order valence-corrected chi connectivity index (χ0v) is 13.1. The van der Waals surface area contributed by atoms with Gasteiger partial charge in [0, 0.05) is 11.3 Å². The van der Waals surface area contributed by atoms with Crippen LogP contribution < -0.4 is 15.8 Å². The van der Waals surface area contributed by atoms with Crippen molar-refractivity contribution in [2.24, 2.45) is 5.73 Å². The van der Waals surface area contributed by atoms with Crippen LogP contribution in [0.3, 0.4) is 0 Å². The van der Waals surface area contributed by atoms with Gasteiger partial charge >= 0.3 is 6.03 Å². The highest BCUT2D eigenvalue weighted by Crippen LogP contribution is 2.15. The van der Waals surface area contributed by atoms with Crippen molar-refractivity contribution >= 4 is 27.6 Å². The number of hydrogen-bond donors (Lipinski definition) is 3. The number of benzene rings is 2. The molecule has 0 radical (unpaired) electrons. The molecule has 120 valence electrons. The van der Waals surface area contributed by atoms with Crippen LogP contribution in [0.15, 0.2) is 53.4 Å². The van der Waals surface area contributed by atoms with Crippen LogP contribution in [0.2, 0.25) is 0 Å². The van der Waals surface area contributed by atoms with Crippen molar-refractivity contribution in [2.45, 2.75) is 11.8 Å². The van der Waals surface area contributed by atoms with Gasteiger partial charge in [-0.25, -0.2) is 17.9 Å². The predicted molar refractivity (Wildman–Crippen MR) is 85.5 cm³/mol. The van der Waals surface area contributed by atoms with E-state index >= 15 is 0 Å². The smallest absolute Gasteiger partial charge is 0.326 e. The van der Waals surface area contributed by atoms with Gasteiger partial charge in [-0.15, -0.1) is 0 Å². The van der Waals surface area contributed by atoms with E-state index < -0.39 is 16.1 Å². The summed E-state index contributed by atoms with van der Waals surface area (Å²) < 4.78 is 25.1. The van der Waals surface area contributed by atoms with E-state index in [1.807, 2.05) is 13.0 Å². The van der Waals surface area contributed by atoms with Crippen molar-refractivity contribution in [2.75, 3.05) is 5.32 Å². The Morgan fingerprint density at radius 3 is 2.26 bits per heavy atom. The first kappa shape index (κ1) is 16.5.